The van der Waals surface area contributed by atoms with E-state index in [0.717, 1.165) is 12.4 Å². The Kier molecular flexibility index (Phi) is 2.98. The van der Waals surface area contributed by atoms with Crippen LogP contribution in [-0.2, 0) is 13.1 Å². The van der Waals surface area contributed by atoms with Gasteiger partial charge in [0.25, 0.3) is 0 Å². The number of imidazole rings is 1. The van der Waals surface area contributed by atoms with E-state index in [-0.39, 0.29) is 5.82 Å². The second-order valence-corrected chi connectivity index (χ2v) is 4.81. The zero-order valence-corrected chi connectivity index (χ0v) is 10.8. The summed E-state index contributed by atoms with van der Waals surface area (Å²) >= 11 is 0. The maximum Gasteiger partial charge on any atom is 0.146 e. The van der Waals surface area contributed by atoms with Gasteiger partial charge in [0.05, 0.1) is 18.3 Å². The van der Waals surface area contributed by atoms with E-state index in [2.05, 4.69) is 9.55 Å². The first-order chi connectivity index (χ1) is 9.16. The highest BCUT2D eigenvalue weighted by molar-refractivity contribution is 5.56. The number of hydrogen-bond acceptors (Lipinski definition) is 3. The molecular weight excluding hydrogens is 245 g/mol. The van der Waals surface area contributed by atoms with Crippen molar-refractivity contribution in [3.05, 3.63) is 47.8 Å². The summed E-state index contributed by atoms with van der Waals surface area (Å²) in [4.78, 5) is 6.22. The number of halogens is 1. The molecule has 0 amide bonds. The quantitative estimate of drug-likeness (QED) is 0.900. The lowest BCUT2D eigenvalue weighted by atomic mass is 10.1. The Morgan fingerprint density at radius 3 is 3.00 bits per heavy atom. The van der Waals surface area contributed by atoms with Crippen LogP contribution in [0.15, 0.2) is 30.6 Å². The lowest BCUT2D eigenvalue weighted by Crippen LogP contribution is -2.35. The van der Waals surface area contributed by atoms with Crippen LogP contribution in [0.25, 0.3) is 0 Å². The van der Waals surface area contributed by atoms with Crippen LogP contribution in [0.1, 0.15) is 24.4 Å². The summed E-state index contributed by atoms with van der Waals surface area (Å²) < 4.78 is 16.2. The predicted molar refractivity (Wildman–Crippen MR) is 70.3 cm³/mol. The van der Waals surface area contributed by atoms with Gasteiger partial charge in [-0.25, -0.2) is 9.37 Å². The van der Waals surface area contributed by atoms with Crippen molar-refractivity contribution in [2.24, 2.45) is 0 Å². The maximum absolute atomic E-state index is 14.1. The summed E-state index contributed by atoms with van der Waals surface area (Å²) in [6.45, 7) is 3.71. The van der Waals surface area contributed by atoms with Crippen LogP contribution in [0, 0.1) is 5.82 Å². The van der Waals surface area contributed by atoms with Crippen LogP contribution in [-0.4, -0.2) is 21.2 Å². The van der Waals surface area contributed by atoms with E-state index in [4.69, 9.17) is 0 Å². The highest BCUT2D eigenvalue weighted by Gasteiger charge is 2.23. The fourth-order valence-electron chi connectivity index (χ4n) is 2.57. The molecule has 0 fully saturated rings. The van der Waals surface area contributed by atoms with Crippen molar-refractivity contribution >= 4 is 5.69 Å². The molecule has 2 aromatic rings. The molecule has 1 aromatic heterocycles. The zero-order chi connectivity index (χ0) is 13.4. The number of benzene rings is 1. The van der Waals surface area contributed by atoms with E-state index in [1.807, 2.05) is 11.1 Å². The maximum atomic E-state index is 14.1. The molecular formula is C14H16FN3O. The summed E-state index contributed by atoms with van der Waals surface area (Å²) in [5.74, 6) is 0.629. The van der Waals surface area contributed by atoms with Crippen molar-refractivity contribution in [2.45, 2.75) is 26.1 Å². The Morgan fingerprint density at radius 1 is 1.37 bits per heavy atom. The number of aliphatic hydroxyl groups is 1. The van der Waals surface area contributed by atoms with Gasteiger partial charge in [-0.1, -0.05) is 12.1 Å². The highest BCUT2D eigenvalue weighted by atomic mass is 19.1. The minimum atomic E-state index is -0.688. The third kappa shape index (κ3) is 2.10. The molecule has 1 aliphatic rings. The molecule has 0 spiro atoms. The van der Waals surface area contributed by atoms with Gasteiger partial charge in [0.1, 0.15) is 11.6 Å². The molecule has 4 nitrogen and oxygen atoms in total. The van der Waals surface area contributed by atoms with Crippen LogP contribution in [0.5, 0.6) is 0 Å². The average molecular weight is 261 g/mol. The SMILES string of the molecule is C[C@H](O)c1cccc(F)c1N1CCn2ccnc2C1. The van der Waals surface area contributed by atoms with Gasteiger partial charge in [0, 0.05) is 31.0 Å². The van der Waals surface area contributed by atoms with Gasteiger partial charge in [-0.2, -0.15) is 0 Å². The first kappa shape index (κ1) is 12.2. The number of rotatable bonds is 2. The standard InChI is InChI=1S/C14H16FN3O/c1-10(19)11-3-2-4-12(15)14(11)18-8-7-17-6-5-16-13(17)9-18/h2-6,10,19H,7-9H2,1H3/t10-/m0/s1. The molecule has 19 heavy (non-hydrogen) atoms. The lowest BCUT2D eigenvalue weighted by Gasteiger charge is -2.32. The molecule has 1 aromatic carbocycles. The second kappa shape index (κ2) is 4.66. The Morgan fingerprint density at radius 2 is 2.21 bits per heavy atom. The lowest BCUT2D eigenvalue weighted by molar-refractivity contribution is 0.199. The molecule has 1 N–H and O–H groups in total. The minimum absolute atomic E-state index is 0.293. The Balaban J connectivity index is 2.00. The molecule has 3 rings (SSSR count). The second-order valence-electron chi connectivity index (χ2n) is 4.81. The Hall–Kier alpha value is -1.88. The fraction of sp³-hybridized carbons (Fsp3) is 0.357. The summed E-state index contributed by atoms with van der Waals surface area (Å²) in [6.07, 6.45) is 3.01. The third-order valence-corrected chi connectivity index (χ3v) is 3.53. The van der Waals surface area contributed by atoms with Gasteiger partial charge in [0.15, 0.2) is 0 Å². The smallest absolute Gasteiger partial charge is 0.146 e. The molecule has 1 atom stereocenters. The molecule has 0 saturated heterocycles. The van der Waals surface area contributed by atoms with E-state index >= 15 is 0 Å². The van der Waals surface area contributed by atoms with Gasteiger partial charge in [-0.15, -0.1) is 0 Å². The number of hydrogen-bond donors (Lipinski definition) is 1. The summed E-state index contributed by atoms with van der Waals surface area (Å²) in [7, 11) is 0. The molecule has 0 saturated carbocycles. The molecule has 0 radical (unpaired) electrons. The molecule has 0 aliphatic carbocycles. The molecule has 1 aliphatic heterocycles. The first-order valence-electron chi connectivity index (χ1n) is 6.38. The molecule has 0 unspecified atom stereocenters. The topological polar surface area (TPSA) is 41.3 Å². The molecule has 2 heterocycles. The van der Waals surface area contributed by atoms with E-state index in [1.54, 1.807) is 25.3 Å². The number of fused-ring (bicyclic) bond motifs is 1. The van der Waals surface area contributed by atoms with E-state index < -0.39 is 6.10 Å². The van der Waals surface area contributed by atoms with Gasteiger partial charge in [-0.3, -0.25) is 0 Å². The first-order valence-corrected chi connectivity index (χ1v) is 6.38. The highest BCUT2D eigenvalue weighted by Crippen LogP contribution is 2.31. The number of aromatic nitrogens is 2. The van der Waals surface area contributed by atoms with E-state index in [9.17, 15) is 9.50 Å². The molecule has 5 heteroatoms. The van der Waals surface area contributed by atoms with Crippen LogP contribution in [0.4, 0.5) is 10.1 Å². The minimum Gasteiger partial charge on any atom is -0.389 e. The summed E-state index contributed by atoms with van der Waals surface area (Å²) in [6, 6.07) is 4.83. The predicted octanol–water partition coefficient (Wildman–Crippen LogP) is 2.10. The third-order valence-electron chi connectivity index (χ3n) is 3.53. The van der Waals surface area contributed by atoms with Crippen molar-refractivity contribution in [2.75, 3.05) is 11.4 Å². The monoisotopic (exact) mass is 261 g/mol. The number of aliphatic hydroxyl groups excluding tert-OH is 1. The van der Waals surface area contributed by atoms with Crippen molar-refractivity contribution in [3.8, 4) is 0 Å². The normalized spacial score (nSPS) is 16.3. The van der Waals surface area contributed by atoms with E-state index in [1.165, 1.54) is 6.07 Å². The van der Waals surface area contributed by atoms with Gasteiger partial charge >= 0.3 is 0 Å². The number of anilines is 1. The zero-order valence-electron chi connectivity index (χ0n) is 10.8. The molecule has 0 bridgehead atoms. The molecule has 100 valence electrons. The fourth-order valence-corrected chi connectivity index (χ4v) is 2.57. The van der Waals surface area contributed by atoms with Crippen molar-refractivity contribution in [1.82, 2.24) is 9.55 Å². The van der Waals surface area contributed by atoms with Gasteiger partial charge < -0.3 is 14.6 Å². The van der Waals surface area contributed by atoms with Gasteiger partial charge in [-0.05, 0) is 13.0 Å². The number of para-hydroxylation sites is 1. The van der Waals surface area contributed by atoms with Crippen molar-refractivity contribution < 1.29 is 9.50 Å². The van der Waals surface area contributed by atoms with Crippen molar-refractivity contribution in [1.29, 1.82) is 0 Å². The number of nitrogens with zero attached hydrogens (tertiary/aromatic N) is 3. The van der Waals surface area contributed by atoms with Crippen LogP contribution in [0.3, 0.4) is 0 Å². The summed E-state index contributed by atoms with van der Waals surface area (Å²) in [5, 5.41) is 9.80. The van der Waals surface area contributed by atoms with Crippen molar-refractivity contribution in [3.63, 3.8) is 0 Å². The van der Waals surface area contributed by atoms with Crippen LogP contribution in [0.2, 0.25) is 0 Å². The average Bonchev–Trinajstić information content (AvgIpc) is 2.85. The van der Waals surface area contributed by atoms with Gasteiger partial charge in [0.2, 0.25) is 0 Å². The van der Waals surface area contributed by atoms with Crippen LogP contribution < -0.4 is 4.90 Å². The Bertz CT molecular complexity index is 594. The van der Waals surface area contributed by atoms with Crippen LogP contribution >= 0.6 is 0 Å². The largest absolute Gasteiger partial charge is 0.389 e. The Labute approximate surface area is 111 Å². The summed E-state index contributed by atoms with van der Waals surface area (Å²) in [5.41, 5.74) is 1.12. The van der Waals surface area contributed by atoms with E-state index in [0.29, 0.717) is 24.3 Å².